The molecule has 9 nitrogen and oxygen atoms in total. The van der Waals surface area contributed by atoms with E-state index in [2.05, 4.69) is 20.7 Å². The molecule has 0 aliphatic rings. The molecule has 27 heavy (non-hydrogen) atoms. The van der Waals surface area contributed by atoms with Crippen molar-refractivity contribution in [1.82, 2.24) is 20.2 Å². The van der Waals surface area contributed by atoms with Crippen molar-refractivity contribution in [3.63, 3.8) is 0 Å². The molecule has 0 saturated heterocycles. The number of nitrogens with zero attached hydrogens (tertiary/aromatic N) is 4. The summed E-state index contributed by atoms with van der Waals surface area (Å²) in [5, 5.41) is 16.4. The lowest BCUT2D eigenvalue weighted by Gasteiger charge is -2.14. The molecule has 1 amide bonds. The molecule has 3 aromatic rings. The lowest BCUT2D eigenvalue weighted by molar-refractivity contribution is -0.154. The van der Waals surface area contributed by atoms with E-state index in [4.69, 9.17) is 9.47 Å². The summed E-state index contributed by atoms with van der Waals surface area (Å²) in [5.74, 6) is -0.177. The van der Waals surface area contributed by atoms with Gasteiger partial charge in [-0.15, -0.1) is 21.5 Å². The molecule has 0 bridgehead atoms. The highest BCUT2D eigenvalue weighted by Gasteiger charge is 2.20. The van der Waals surface area contributed by atoms with Crippen LogP contribution in [0.3, 0.4) is 0 Å². The molecule has 0 unspecified atom stereocenters. The largest absolute Gasteiger partial charge is 0.495 e. The lowest BCUT2D eigenvalue weighted by Crippen LogP contribution is -2.31. The molecule has 1 aromatic carbocycles. The van der Waals surface area contributed by atoms with Crippen molar-refractivity contribution in [1.29, 1.82) is 0 Å². The molecule has 2 aromatic heterocycles. The fourth-order valence-corrected chi connectivity index (χ4v) is 2.85. The fraction of sp³-hybridized carbons (Fsp3) is 0.235. The summed E-state index contributed by atoms with van der Waals surface area (Å²) >= 11 is 1.47. The van der Waals surface area contributed by atoms with Gasteiger partial charge >= 0.3 is 5.97 Å². The Hall–Kier alpha value is -3.27. The molecule has 0 fully saturated rings. The van der Waals surface area contributed by atoms with E-state index in [-0.39, 0.29) is 6.54 Å². The molecule has 0 aliphatic heterocycles. The summed E-state index contributed by atoms with van der Waals surface area (Å²) in [7, 11) is 1.50. The molecule has 1 N–H and O–H groups in total. The van der Waals surface area contributed by atoms with Gasteiger partial charge in [-0.05, 0) is 35.7 Å². The summed E-state index contributed by atoms with van der Waals surface area (Å²) in [6.45, 7) is 1.24. The predicted octanol–water partition coefficient (Wildman–Crippen LogP) is 1.98. The molecular weight excluding hydrogens is 370 g/mol. The van der Waals surface area contributed by atoms with Gasteiger partial charge in [0, 0.05) is 0 Å². The second-order valence-corrected chi connectivity index (χ2v) is 6.39. The van der Waals surface area contributed by atoms with Crippen LogP contribution in [0, 0.1) is 0 Å². The standard InChI is InChI=1S/C17H17N5O4S/c1-11(17(24)18-12-6-3-4-7-13(12)25-2)26-15(23)10-22-20-16(19-21-22)14-8-5-9-27-14/h3-9,11H,10H2,1-2H3,(H,18,24)/t11-/m0/s1. The van der Waals surface area contributed by atoms with E-state index in [1.807, 2.05) is 17.5 Å². The predicted molar refractivity (Wildman–Crippen MR) is 98.3 cm³/mol. The second-order valence-electron chi connectivity index (χ2n) is 5.44. The molecule has 0 aliphatic carbocycles. The highest BCUT2D eigenvalue weighted by atomic mass is 32.1. The zero-order chi connectivity index (χ0) is 19.2. The molecule has 0 saturated carbocycles. The number of rotatable bonds is 7. The number of tetrazole rings is 1. The van der Waals surface area contributed by atoms with Crippen LogP contribution in [0.2, 0.25) is 0 Å². The Bertz CT molecular complexity index is 925. The number of hydrogen-bond acceptors (Lipinski definition) is 8. The number of benzene rings is 1. The van der Waals surface area contributed by atoms with Gasteiger partial charge in [0.1, 0.15) is 5.75 Å². The number of methoxy groups -OCH3 is 1. The van der Waals surface area contributed by atoms with E-state index in [0.29, 0.717) is 17.3 Å². The third kappa shape index (κ3) is 4.67. The van der Waals surface area contributed by atoms with Gasteiger partial charge in [-0.1, -0.05) is 18.2 Å². The van der Waals surface area contributed by atoms with E-state index in [0.717, 1.165) is 9.67 Å². The Labute approximate surface area is 158 Å². The molecule has 3 rings (SSSR count). The van der Waals surface area contributed by atoms with Crippen LogP contribution in [0.4, 0.5) is 5.69 Å². The monoisotopic (exact) mass is 387 g/mol. The number of amides is 1. The van der Waals surface area contributed by atoms with Crippen molar-refractivity contribution in [2.24, 2.45) is 0 Å². The summed E-state index contributed by atoms with van der Waals surface area (Å²) in [5.41, 5.74) is 0.492. The molecular formula is C17H17N5O4S. The van der Waals surface area contributed by atoms with Gasteiger partial charge in [0.25, 0.3) is 5.91 Å². The zero-order valence-electron chi connectivity index (χ0n) is 14.7. The van der Waals surface area contributed by atoms with Crippen molar-refractivity contribution in [3.05, 3.63) is 41.8 Å². The van der Waals surface area contributed by atoms with Gasteiger partial charge in [0.2, 0.25) is 5.82 Å². The van der Waals surface area contributed by atoms with Gasteiger partial charge < -0.3 is 14.8 Å². The number of hydrogen-bond donors (Lipinski definition) is 1. The molecule has 1 atom stereocenters. The number of para-hydroxylation sites is 2. The molecule has 2 heterocycles. The quantitative estimate of drug-likeness (QED) is 0.618. The Morgan fingerprint density at radius 2 is 2.07 bits per heavy atom. The second kappa shape index (κ2) is 8.41. The first-order chi connectivity index (χ1) is 13.1. The van der Waals surface area contributed by atoms with Gasteiger partial charge in [-0.2, -0.15) is 4.80 Å². The Morgan fingerprint density at radius 3 is 2.81 bits per heavy atom. The van der Waals surface area contributed by atoms with Gasteiger partial charge in [-0.25, -0.2) is 4.79 Å². The Kier molecular flexibility index (Phi) is 5.77. The first kappa shape index (κ1) is 18.5. The maximum atomic E-state index is 12.2. The lowest BCUT2D eigenvalue weighted by atomic mass is 10.2. The number of aromatic nitrogens is 4. The minimum absolute atomic E-state index is 0.245. The average Bonchev–Trinajstić information content (AvgIpc) is 3.33. The summed E-state index contributed by atoms with van der Waals surface area (Å²) in [6.07, 6.45) is -0.997. The Balaban J connectivity index is 1.55. The van der Waals surface area contributed by atoms with E-state index >= 15 is 0 Å². The van der Waals surface area contributed by atoms with Crippen molar-refractivity contribution >= 4 is 28.9 Å². The highest BCUT2D eigenvalue weighted by molar-refractivity contribution is 7.13. The topological polar surface area (TPSA) is 108 Å². The minimum atomic E-state index is -0.997. The van der Waals surface area contributed by atoms with E-state index < -0.39 is 18.0 Å². The van der Waals surface area contributed by atoms with E-state index in [1.165, 1.54) is 25.4 Å². The number of carbonyl (C=O) groups is 2. The fourth-order valence-electron chi connectivity index (χ4n) is 2.20. The van der Waals surface area contributed by atoms with Crippen molar-refractivity contribution in [2.75, 3.05) is 12.4 Å². The van der Waals surface area contributed by atoms with E-state index in [1.54, 1.807) is 24.3 Å². The Morgan fingerprint density at radius 1 is 1.26 bits per heavy atom. The van der Waals surface area contributed by atoms with Gasteiger partial charge in [-0.3, -0.25) is 4.79 Å². The first-order valence-corrected chi connectivity index (χ1v) is 8.90. The van der Waals surface area contributed by atoms with Crippen LogP contribution in [0.1, 0.15) is 6.92 Å². The van der Waals surface area contributed by atoms with Crippen LogP contribution in [-0.4, -0.2) is 45.3 Å². The van der Waals surface area contributed by atoms with Gasteiger partial charge in [0.15, 0.2) is 12.6 Å². The normalized spacial score (nSPS) is 11.6. The van der Waals surface area contributed by atoms with Crippen LogP contribution in [0.25, 0.3) is 10.7 Å². The molecule has 140 valence electrons. The highest BCUT2D eigenvalue weighted by Crippen LogP contribution is 2.23. The maximum absolute atomic E-state index is 12.2. The van der Waals surface area contributed by atoms with Crippen LogP contribution >= 0.6 is 11.3 Å². The third-order valence-corrected chi connectivity index (χ3v) is 4.37. The third-order valence-electron chi connectivity index (χ3n) is 3.51. The minimum Gasteiger partial charge on any atom is -0.495 e. The van der Waals surface area contributed by atoms with Crippen molar-refractivity contribution in [2.45, 2.75) is 19.6 Å². The average molecular weight is 387 g/mol. The molecule has 10 heteroatoms. The smallest absolute Gasteiger partial charge is 0.330 e. The summed E-state index contributed by atoms with van der Waals surface area (Å²) in [6, 6.07) is 10.7. The van der Waals surface area contributed by atoms with Gasteiger partial charge in [0.05, 0.1) is 17.7 Å². The number of anilines is 1. The van der Waals surface area contributed by atoms with Crippen LogP contribution in [0.15, 0.2) is 41.8 Å². The summed E-state index contributed by atoms with van der Waals surface area (Å²) in [4.78, 5) is 26.3. The van der Waals surface area contributed by atoms with Crippen LogP contribution < -0.4 is 10.1 Å². The number of nitrogens with one attached hydrogen (secondary N) is 1. The number of esters is 1. The SMILES string of the molecule is COc1ccccc1NC(=O)[C@H](C)OC(=O)Cn1nnc(-c2cccs2)n1. The zero-order valence-corrected chi connectivity index (χ0v) is 15.5. The van der Waals surface area contributed by atoms with Crippen molar-refractivity contribution in [3.8, 4) is 16.5 Å². The number of carbonyl (C=O) groups excluding carboxylic acids is 2. The van der Waals surface area contributed by atoms with E-state index in [9.17, 15) is 9.59 Å². The number of thiophene rings is 1. The summed E-state index contributed by atoms with van der Waals surface area (Å²) < 4.78 is 10.3. The van der Waals surface area contributed by atoms with Crippen LogP contribution in [-0.2, 0) is 20.9 Å². The molecule has 0 spiro atoms. The number of ether oxygens (including phenoxy) is 2. The van der Waals surface area contributed by atoms with Crippen molar-refractivity contribution < 1.29 is 19.1 Å². The van der Waals surface area contributed by atoms with Crippen LogP contribution in [0.5, 0.6) is 5.75 Å². The first-order valence-electron chi connectivity index (χ1n) is 8.02. The molecule has 0 radical (unpaired) electrons. The maximum Gasteiger partial charge on any atom is 0.330 e.